The maximum absolute atomic E-state index is 5.67. The summed E-state index contributed by atoms with van der Waals surface area (Å²) >= 11 is 0. The van der Waals surface area contributed by atoms with Gasteiger partial charge in [0, 0.05) is 24.8 Å². The molecule has 1 fully saturated rings. The van der Waals surface area contributed by atoms with E-state index in [9.17, 15) is 0 Å². The third kappa shape index (κ3) is 1.50. The highest BCUT2D eigenvalue weighted by Crippen LogP contribution is 2.27. The molecule has 1 saturated heterocycles. The minimum Gasteiger partial charge on any atom is -0.494 e. The van der Waals surface area contributed by atoms with Crippen LogP contribution in [0, 0.1) is 0 Å². The lowest BCUT2D eigenvalue weighted by molar-refractivity contribution is -0.000473. The molecule has 14 heavy (non-hydrogen) atoms. The molecule has 80 valence electrons. The monoisotopic (exact) mass is 196 g/mol. The summed E-state index contributed by atoms with van der Waals surface area (Å²) in [6, 6.07) is 1.16. The molecule has 0 saturated carbocycles. The number of fused-ring (bicyclic) bond motifs is 1. The maximum Gasteiger partial charge on any atom is 0.112 e. The van der Waals surface area contributed by atoms with Gasteiger partial charge in [-0.2, -0.15) is 0 Å². The summed E-state index contributed by atoms with van der Waals surface area (Å²) in [4.78, 5) is 4.92. The quantitative estimate of drug-likeness (QED) is 0.580. The molecule has 0 aromatic heterocycles. The van der Waals surface area contributed by atoms with Crippen LogP contribution in [0.2, 0.25) is 0 Å². The van der Waals surface area contributed by atoms with Crippen molar-refractivity contribution in [3.63, 3.8) is 0 Å². The molecule has 2 aliphatic rings. The summed E-state index contributed by atoms with van der Waals surface area (Å²) in [6.07, 6.45) is 0. The molecule has 2 unspecified atom stereocenters. The fraction of sp³-hybridized carbons (Fsp3) is 0.818. The van der Waals surface area contributed by atoms with Crippen LogP contribution in [0.15, 0.2) is 11.5 Å². The Hall–Kier alpha value is -0.700. The molecule has 2 rings (SSSR count). The summed E-state index contributed by atoms with van der Waals surface area (Å²) < 4.78 is 5.67. The van der Waals surface area contributed by atoms with E-state index < -0.39 is 0 Å². The Morgan fingerprint density at radius 2 is 2.00 bits per heavy atom. The van der Waals surface area contributed by atoms with Gasteiger partial charge in [0.05, 0.1) is 6.04 Å². The van der Waals surface area contributed by atoms with Gasteiger partial charge in [0.25, 0.3) is 0 Å². The molecule has 3 heteroatoms. The second kappa shape index (κ2) is 3.46. The van der Waals surface area contributed by atoms with Crippen molar-refractivity contribution < 1.29 is 4.74 Å². The van der Waals surface area contributed by atoms with Gasteiger partial charge in [-0.05, 0) is 27.8 Å². The Morgan fingerprint density at radius 1 is 1.29 bits per heavy atom. The van der Waals surface area contributed by atoms with E-state index in [2.05, 4.69) is 37.6 Å². The summed E-state index contributed by atoms with van der Waals surface area (Å²) in [5.41, 5.74) is 1.32. The number of hydrogen-bond acceptors (Lipinski definition) is 3. The van der Waals surface area contributed by atoms with Gasteiger partial charge < -0.3 is 14.5 Å². The van der Waals surface area contributed by atoms with Crippen molar-refractivity contribution in [2.75, 3.05) is 26.7 Å². The highest BCUT2D eigenvalue weighted by molar-refractivity contribution is 5.11. The first-order chi connectivity index (χ1) is 6.59. The number of nitrogens with zero attached hydrogens (tertiary/aromatic N) is 2. The van der Waals surface area contributed by atoms with E-state index in [4.69, 9.17) is 4.74 Å². The average Bonchev–Trinajstić information content (AvgIpc) is 2.10. The molecule has 2 aliphatic heterocycles. The number of rotatable bonds is 0. The number of ether oxygens (including phenoxy) is 1. The molecule has 0 spiro atoms. The van der Waals surface area contributed by atoms with Crippen LogP contribution in [0.4, 0.5) is 0 Å². The van der Waals surface area contributed by atoms with Gasteiger partial charge in [-0.1, -0.05) is 0 Å². The summed E-state index contributed by atoms with van der Waals surface area (Å²) in [5.74, 6) is 1.10. The Labute approximate surface area is 86.3 Å². The van der Waals surface area contributed by atoms with Gasteiger partial charge in [-0.3, -0.25) is 0 Å². The van der Waals surface area contributed by atoms with Gasteiger partial charge >= 0.3 is 0 Å². The Balaban J connectivity index is 2.23. The van der Waals surface area contributed by atoms with E-state index in [1.807, 2.05) is 0 Å². The molecule has 2 heterocycles. The molecule has 2 atom stereocenters. The third-order valence-corrected chi connectivity index (χ3v) is 3.36. The van der Waals surface area contributed by atoms with Crippen molar-refractivity contribution in [2.24, 2.45) is 0 Å². The molecular formula is C11H20N2O. The fourth-order valence-electron chi connectivity index (χ4n) is 2.67. The lowest BCUT2D eigenvalue weighted by Gasteiger charge is -2.48. The second-order valence-electron chi connectivity index (χ2n) is 4.58. The highest BCUT2D eigenvalue weighted by Gasteiger charge is 2.34. The van der Waals surface area contributed by atoms with E-state index in [-0.39, 0.29) is 0 Å². The molecule has 0 N–H and O–H groups in total. The van der Waals surface area contributed by atoms with Crippen LogP contribution in [-0.4, -0.2) is 48.6 Å². The Kier molecular flexibility index (Phi) is 2.43. The zero-order chi connectivity index (χ0) is 10.3. The van der Waals surface area contributed by atoms with Gasteiger partial charge in [-0.25, -0.2) is 0 Å². The van der Waals surface area contributed by atoms with Crippen LogP contribution < -0.4 is 0 Å². The molecule has 0 amide bonds. The highest BCUT2D eigenvalue weighted by atomic mass is 16.5. The van der Waals surface area contributed by atoms with Crippen LogP contribution in [0.1, 0.15) is 20.8 Å². The topological polar surface area (TPSA) is 15.7 Å². The summed E-state index contributed by atoms with van der Waals surface area (Å²) in [6.45, 7) is 9.65. The van der Waals surface area contributed by atoms with Crippen LogP contribution in [-0.2, 0) is 4.74 Å². The largest absolute Gasteiger partial charge is 0.494 e. The van der Waals surface area contributed by atoms with E-state index in [1.165, 1.54) is 5.70 Å². The molecule has 0 radical (unpaired) electrons. The number of hydrogen-bond donors (Lipinski definition) is 0. The number of allylic oxidation sites excluding steroid dienone is 2. The van der Waals surface area contributed by atoms with E-state index in [0.717, 1.165) is 25.5 Å². The molecule has 0 aromatic rings. The zero-order valence-electron chi connectivity index (χ0n) is 9.58. The van der Waals surface area contributed by atoms with Crippen LogP contribution in [0.5, 0.6) is 0 Å². The maximum atomic E-state index is 5.67. The first kappa shape index (κ1) is 9.84. The minimum atomic E-state index is 0.549. The van der Waals surface area contributed by atoms with E-state index in [0.29, 0.717) is 12.1 Å². The first-order valence-electron chi connectivity index (χ1n) is 5.36. The predicted octanol–water partition coefficient (Wildman–Crippen LogP) is 1.27. The van der Waals surface area contributed by atoms with Crippen molar-refractivity contribution in [1.82, 2.24) is 9.80 Å². The predicted molar refractivity (Wildman–Crippen MR) is 56.9 cm³/mol. The van der Waals surface area contributed by atoms with Crippen molar-refractivity contribution in [3.05, 3.63) is 11.5 Å². The van der Waals surface area contributed by atoms with Crippen molar-refractivity contribution >= 4 is 0 Å². The van der Waals surface area contributed by atoms with Crippen molar-refractivity contribution in [2.45, 2.75) is 32.9 Å². The number of piperazine rings is 1. The lowest BCUT2D eigenvalue weighted by atomic mass is 10.1. The minimum absolute atomic E-state index is 0.549. The van der Waals surface area contributed by atoms with Crippen molar-refractivity contribution in [1.29, 1.82) is 0 Å². The van der Waals surface area contributed by atoms with Crippen LogP contribution >= 0.6 is 0 Å². The SMILES string of the molecule is CC1=C(C)N2C(C)CN(C)CC2CO1. The zero-order valence-corrected chi connectivity index (χ0v) is 9.58. The van der Waals surface area contributed by atoms with Gasteiger partial charge in [0.1, 0.15) is 12.4 Å². The van der Waals surface area contributed by atoms with Crippen LogP contribution in [0.25, 0.3) is 0 Å². The molecule has 3 nitrogen and oxygen atoms in total. The summed E-state index contributed by atoms with van der Waals surface area (Å²) in [5, 5.41) is 0. The second-order valence-corrected chi connectivity index (χ2v) is 4.58. The normalized spacial score (nSPS) is 34.1. The van der Waals surface area contributed by atoms with Crippen molar-refractivity contribution in [3.8, 4) is 0 Å². The third-order valence-electron chi connectivity index (χ3n) is 3.36. The molecular weight excluding hydrogens is 176 g/mol. The summed E-state index contributed by atoms with van der Waals surface area (Å²) in [7, 11) is 2.19. The Bertz CT molecular complexity index is 262. The first-order valence-corrected chi connectivity index (χ1v) is 5.36. The Morgan fingerprint density at radius 3 is 2.71 bits per heavy atom. The molecule has 0 aliphatic carbocycles. The smallest absolute Gasteiger partial charge is 0.112 e. The molecule has 0 bridgehead atoms. The van der Waals surface area contributed by atoms with Crippen LogP contribution in [0.3, 0.4) is 0 Å². The fourth-order valence-corrected chi connectivity index (χ4v) is 2.67. The van der Waals surface area contributed by atoms with Gasteiger partial charge in [0.2, 0.25) is 0 Å². The average molecular weight is 196 g/mol. The van der Waals surface area contributed by atoms with Gasteiger partial charge in [0.15, 0.2) is 0 Å². The van der Waals surface area contributed by atoms with E-state index >= 15 is 0 Å². The standard InChI is InChI=1S/C11H20N2O/c1-8-5-12(4)6-11-7-14-10(3)9(2)13(8)11/h8,11H,5-7H2,1-4H3. The van der Waals surface area contributed by atoms with Gasteiger partial charge in [-0.15, -0.1) is 0 Å². The number of likely N-dealkylation sites (N-methyl/N-ethyl adjacent to an activating group) is 1. The van der Waals surface area contributed by atoms with E-state index in [1.54, 1.807) is 0 Å². The molecule has 0 aromatic carbocycles. The lowest BCUT2D eigenvalue weighted by Crippen LogP contribution is -2.58.